The van der Waals surface area contributed by atoms with Crippen molar-refractivity contribution in [2.45, 2.75) is 33.5 Å². The molecule has 0 aliphatic carbocycles. The molecule has 0 unspecified atom stereocenters. The molecular weight excluding hydrogens is 254 g/mol. The zero-order chi connectivity index (χ0) is 14.6. The molecule has 1 amide bonds. The minimum Gasteiger partial charge on any atom is -0.364 e. The first-order valence-corrected chi connectivity index (χ1v) is 10.2. The number of amides is 1. The highest BCUT2D eigenvalue weighted by atomic mass is 28.3. The Hall–Kier alpha value is -1.13. The van der Waals surface area contributed by atoms with Gasteiger partial charge in [0.05, 0.1) is 8.07 Å². The maximum Gasteiger partial charge on any atom is 0.255 e. The van der Waals surface area contributed by atoms with E-state index < -0.39 is 8.07 Å². The van der Waals surface area contributed by atoms with E-state index in [9.17, 15) is 4.79 Å². The van der Waals surface area contributed by atoms with Crippen LogP contribution in [0, 0.1) is 6.92 Å². The SMILES string of the molecule is CCN(COC)C(=O)c1c(C)cccc1[Si](C)(C)C. The fraction of sp³-hybridized carbons (Fsp3) is 0.533. The Balaban J connectivity index is 3.29. The van der Waals surface area contributed by atoms with Crippen molar-refractivity contribution < 1.29 is 9.53 Å². The highest BCUT2D eigenvalue weighted by molar-refractivity contribution is 6.89. The Morgan fingerprint density at radius 3 is 2.42 bits per heavy atom. The minimum absolute atomic E-state index is 0.0832. The number of carbonyl (C=O) groups is 1. The number of ether oxygens (including phenoxy) is 1. The lowest BCUT2D eigenvalue weighted by atomic mass is 10.1. The first-order valence-electron chi connectivity index (χ1n) is 6.71. The fourth-order valence-electron chi connectivity index (χ4n) is 2.18. The van der Waals surface area contributed by atoms with Crippen LogP contribution in [-0.4, -0.2) is 39.3 Å². The molecule has 4 heteroatoms. The van der Waals surface area contributed by atoms with Crippen molar-refractivity contribution in [1.29, 1.82) is 0 Å². The molecule has 3 nitrogen and oxygen atoms in total. The molecule has 0 aliphatic rings. The van der Waals surface area contributed by atoms with Crippen molar-refractivity contribution in [3.05, 3.63) is 29.3 Å². The van der Waals surface area contributed by atoms with E-state index in [0.717, 1.165) is 11.1 Å². The van der Waals surface area contributed by atoms with E-state index in [1.807, 2.05) is 26.0 Å². The maximum absolute atomic E-state index is 12.7. The van der Waals surface area contributed by atoms with Crippen molar-refractivity contribution >= 4 is 19.2 Å². The largest absolute Gasteiger partial charge is 0.364 e. The smallest absolute Gasteiger partial charge is 0.255 e. The second-order valence-electron chi connectivity index (χ2n) is 5.83. The first-order chi connectivity index (χ1) is 8.82. The van der Waals surface area contributed by atoms with Gasteiger partial charge in [-0.15, -0.1) is 0 Å². The van der Waals surface area contributed by atoms with Gasteiger partial charge in [0.2, 0.25) is 0 Å². The van der Waals surface area contributed by atoms with Gasteiger partial charge in [-0.2, -0.15) is 0 Å². The van der Waals surface area contributed by atoms with Crippen LogP contribution in [-0.2, 0) is 4.74 Å². The quantitative estimate of drug-likeness (QED) is 0.612. The Labute approximate surface area is 117 Å². The highest BCUT2D eigenvalue weighted by Gasteiger charge is 2.26. The standard InChI is InChI=1S/C15H25NO2Si/c1-7-16(11-18-3)15(17)14-12(2)9-8-10-13(14)19(4,5)6/h8-10H,7,11H2,1-6H3. The van der Waals surface area contributed by atoms with E-state index in [1.54, 1.807) is 12.0 Å². The predicted octanol–water partition coefficient (Wildman–Crippen LogP) is 2.61. The zero-order valence-corrected chi connectivity index (χ0v) is 13.9. The molecule has 1 rings (SSSR count). The summed E-state index contributed by atoms with van der Waals surface area (Å²) in [5.41, 5.74) is 1.93. The van der Waals surface area contributed by atoms with Crippen LogP contribution >= 0.6 is 0 Å². The van der Waals surface area contributed by atoms with E-state index >= 15 is 0 Å². The number of nitrogens with zero attached hydrogens (tertiary/aromatic N) is 1. The Kier molecular flexibility index (Phi) is 5.32. The van der Waals surface area contributed by atoms with Crippen molar-refractivity contribution in [1.82, 2.24) is 4.90 Å². The predicted molar refractivity (Wildman–Crippen MR) is 82.7 cm³/mol. The van der Waals surface area contributed by atoms with Crippen molar-refractivity contribution in [2.75, 3.05) is 20.4 Å². The zero-order valence-electron chi connectivity index (χ0n) is 12.9. The number of hydrogen-bond acceptors (Lipinski definition) is 2. The molecule has 0 atom stereocenters. The number of carbonyl (C=O) groups excluding carboxylic acids is 1. The summed E-state index contributed by atoms with van der Waals surface area (Å²) in [7, 11) is 0.0763. The second kappa shape index (κ2) is 6.35. The number of aryl methyl sites for hydroxylation is 1. The third-order valence-electron chi connectivity index (χ3n) is 3.25. The lowest BCUT2D eigenvalue weighted by Gasteiger charge is -2.26. The number of rotatable bonds is 5. The van der Waals surface area contributed by atoms with Crippen LogP contribution < -0.4 is 5.19 Å². The summed E-state index contributed by atoms with van der Waals surface area (Å²) in [6.07, 6.45) is 0. The van der Waals surface area contributed by atoms with Crippen LogP contribution in [0.4, 0.5) is 0 Å². The molecule has 0 saturated carbocycles. The lowest BCUT2D eigenvalue weighted by Crippen LogP contribution is -2.45. The normalized spacial score (nSPS) is 11.5. The topological polar surface area (TPSA) is 29.5 Å². The molecule has 106 valence electrons. The van der Waals surface area contributed by atoms with Crippen LogP contribution in [0.5, 0.6) is 0 Å². The average molecular weight is 279 g/mol. The number of benzene rings is 1. The number of methoxy groups -OCH3 is 1. The van der Waals surface area contributed by atoms with Gasteiger partial charge in [0.15, 0.2) is 0 Å². The van der Waals surface area contributed by atoms with Crippen molar-refractivity contribution in [3.8, 4) is 0 Å². The van der Waals surface area contributed by atoms with Gasteiger partial charge in [-0.25, -0.2) is 0 Å². The molecule has 0 aliphatic heterocycles. The van der Waals surface area contributed by atoms with E-state index in [2.05, 4.69) is 25.7 Å². The monoisotopic (exact) mass is 279 g/mol. The van der Waals surface area contributed by atoms with Gasteiger partial charge in [-0.3, -0.25) is 4.79 Å². The van der Waals surface area contributed by atoms with Gasteiger partial charge in [0.1, 0.15) is 6.73 Å². The molecule has 0 fully saturated rings. The lowest BCUT2D eigenvalue weighted by molar-refractivity contribution is 0.0438. The van der Waals surface area contributed by atoms with Gasteiger partial charge < -0.3 is 9.64 Å². The van der Waals surface area contributed by atoms with Crippen LogP contribution in [0.3, 0.4) is 0 Å². The van der Waals surface area contributed by atoms with E-state index in [-0.39, 0.29) is 5.91 Å². The van der Waals surface area contributed by atoms with Gasteiger partial charge in [0.25, 0.3) is 5.91 Å². The second-order valence-corrected chi connectivity index (χ2v) is 10.9. The summed E-state index contributed by atoms with van der Waals surface area (Å²) < 4.78 is 5.12. The fourth-order valence-corrected chi connectivity index (χ4v) is 3.83. The molecule has 0 spiro atoms. The Bertz CT molecular complexity index is 452. The molecule has 0 N–H and O–H groups in total. The van der Waals surface area contributed by atoms with Gasteiger partial charge >= 0.3 is 0 Å². The van der Waals surface area contributed by atoms with Crippen molar-refractivity contribution in [2.24, 2.45) is 0 Å². The van der Waals surface area contributed by atoms with Crippen LogP contribution in [0.1, 0.15) is 22.8 Å². The third-order valence-corrected chi connectivity index (χ3v) is 5.28. The number of hydrogen-bond donors (Lipinski definition) is 0. The van der Waals surface area contributed by atoms with E-state index in [1.165, 1.54) is 5.19 Å². The molecular formula is C15H25NO2Si. The summed E-state index contributed by atoms with van der Waals surface area (Å²) in [6.45, 7) is 11.8. The van der Waals surface area contributed by atoms with Gasteiger partial charge in [0, 0.05) is 19.2 Å². The molecule has 0 aromatic heterocycles. The summed E-state index contributed by atoms with van der Waals surface area (Å²) in [6, 6.07) is 6.16. The van der Waals surface area contributed by atoms with E-state index in [0.29, 0.717) is 13.3 Å². The Morgan fingerprint density at radius 1 is 1.32 bits per heavy atom. The molecule has 1 aromatic rings. The summed E-state index contributed by atoms with van der Waals surface area (Å²) in [4.78, 5) is 14.5. The maximum atomic E-state index is 12.7. The van der Waals surface area contributed by atoms with Gasteiger partial charge in [-0.1, -0.05) is 37.8 Å². The third kappa shape index (κ3) is 3.67. The first kappa shape index (κ1) is 15.9. The van der Waals surface area contributed by atoms with Crippen LogP contribution in [0.25, 0.3) is 0 Å². The van der Waals surface area contributed by atoms with Crippen LogP contribution in [0.15, 0.2) is 18.2 Å². The molecule has 0 heterocycles. The van der Waals surface area contributed by atoms with Gasteiger partial charge in [-0.05, 0) is 24.6 Å². The summed E-state index contributed by atoms with van der Waals surface area (Å²) in [5.74, 6) is 0.0832. The highest BCUT2D eigenvalue weighted by Crippen LogP contribution is 2.14. The minimum atomic E-state index is -1.54. The average Bonchev–Trinajstić information content (AvgIpc) is 2.33. The summed E-state index contributed by atoms with van der Waals surface area (Å²) in [5, 5.41) is 1.23. The van der Waals surface area contributed by atoms with Crippen molar-refractivity contribution in [3.63, 3.8) is 0 Å². The summed E-state index contributed by atoms with van der Waals surface area (Å²) >= 11 is 0. The van der Waals surface area contributed by atoms with Crippen LogP contribution in [0.2, 0.25) is 19.6 Å². The molecule has 1 aromatic carbocycles. The molecule has 0 saturated heterocycles. The molecule has 19 heavy (non-hydrogen) atoms. The molecule has 0 radical (unpaired) electrons. The van der Waals surface area contributed by atoms with E-state index in [4.69, 9.17) is 4.74 Å². The Morgan fingerprint density at radius 2 is 1.95 bits per heavy atom. The molecule has 0 bridgehead atoms.